The van der Waals surface area contributed by atoms with Gasteiger partial charge in [0.25, 0.3) is 0 Å². The zero-order valence-corrected chi connectivity index (χ0v) is 14.5. The van der Waals surface area contributed by atoms with E-state index in [9.17, 15) is 4.79 Å². The quantitative estimate of drug-likeness (QED) is 0.709. The van der Waals surface area contributed by atoms with Crippen LogP contribution in [0, 0.1) is 6.92 Å². The number of pyridine rings is 1. The van der Waals surface area contributed by atoms with Crippen LogP contribution in [-0.2, 0) is 4.79 Å². The Morgan fingerprint density at radius 2 is 2.21 bits per heavy atom. The van der Waals surface area contributed by atoms with Crippen molar-refractivity contribution in [2.45, 2.75) is 11.8 Å². The molecule has 122 valence electrons. The molecule has 0 spiro atoms. The van der Waals surface area contributed by atoms with Crippen molar-refractivity contribution >= 4 is 45.9 Å². The highest BCUT2D eigenvalue weighted by Gasteiger charge is 2.21. The van der Waals surface area contributed by atoms with Gasteiger partial charge in [-0.25, -0.2) is 9.67 Å². The molecular formula is C16H13ClN4O2S. The number of amides is 1. The normalized spacial score (nSPS) is 13.7. The van der Waals surface area contributed by atoms with Crippen LogP contribution in [0.1, 0.15) is 5.69 Å². The first-order valence-electron chi connectivity index (χ1n) is 7.23. The number of aryl methyl sites for hydroxylation is 1. The maximum Gasteiger partial charge on any atom is 0.234 e. The fourth-order valence-corrected chi connectivity index (χ4v) is 3.71. The summed E-state index contributed by atoms with van der Waals surface area (Å²) in [4.78, 5) is 16.7. The molecule has 2 aromatic heterocycles. The van der Waals surface area contributed by atoms with Gasteiger partial charge in [0.15, 0.2) is 0 Å². The first kappa shape index (κ1) is 15.3. The van der Waals surface area contributed by atoms with E-state index in [0.717, 1.165) is 32.9 Å². The zero-order chi connectivity index (χ0) is 16.8. The molecule has 0 fully saturated rings. The number of hydrogen-bond donors (Lipinski definition) is 1. The molecule has 0 atom stereocenters. The minimum absolute atomic E-state index is 0.0134. The SMILES string of the molecule is COc1cc2c(cc1-n1nc(C)c3cnc(Cl)cc31)SCC(=O)N2. The van der Waals surface area contributed by atoms with Gasteiger partial charge in [-0.1, -0.05) is 11.6 Å². The van der Waals surface area contributed by atoms with E-state index in [2.05, 4.69) is 15.4 Å². The first-order chi connectivity index (χ1) is 11.6. The number of carbonyl (C=O) groups is 1. The van der Waals surface area contributed by atoms with Crippen LogP contribution in [0.4, 0.5) is 5.69 Å². The lowest BCUT2D eigenvalue weighted by molar-refractivity contribution is -0.113. The number of hydrogen-bond acceptors (Lipinski definition) is 5. The van der Waals surface area contributed by atoms with Crippen LogP contribution in [-0.4, -0.2) is 33.5 Å². The van der Waals surface area contributed by atoms with E-state index < -0.39 is 0 Å². The Labute approximate surface area is 147 Å². The van der Waals surface area contributed by atoms with Gasteiger partial charge < -0.3 is 10.1 Å². The van der Waals surface area contributed by atoms with Crippen molar-refractivity contribution in [3.8, 4) is 11.4 Å². The zero-order valence-electron chi connectivity index (χ0n) is 13.0. The van der Waals surface area contributed by atoms with Gasteiger partial charge in [0.1, 0.15) is 16.6 Å². The standard InChI is InChI=1S/C16H13ClN4O2S/c1-8-9-6-18-15(17)5-11(9)21(20-8)12-4-14-10(3-13(12)23-2)19-16(22)7-24-14/h3-6H,7H2,1-2H3,(H,19,22). The number of nitrogens with one attached hydrogen (secondary N) is 1. The summed E-state index contributed by atoms with van der Waals surface area (Å²) in [7, 11) is 1.59. The molecule has 1 N–H and O–H groups in total. The van der Waals surface area contributed by atoms with E-state index in [-0.39, 0.29) is 5.91 Å². The molecule has 1 aromatic carbocycles. The molecule has 1 aliphatic heterocycles. The van der Waals surface area contributed by atoms with Gasteiger partial charge in [-0.3, -0.25) is 4.79 Å². The lowest BCUT2D eigenvalue weighted by atomic mass is 10.2. The largest absolute Gasteiger partial charge is 0.494 e. The maximum absolute atomic E-state index is 11.6. The molecule has 3 aromatic rings. The summed E-state index contributed by atoms with van der Waals surface area (Å²) < 4.78 is 7.32. The maximum atomic E-state index is 11.6. The summed E-state index contributed by atoms with van der Waals surface area (Å²) >= 11 is 7.55. The predicted octanol–water partition coefficient (Wildman–Crippen LogP) is 3.44. The molecule has 0 saturated heterocycles. The molecule has 0 saturated carbocycles. The number of halogens is 1. The van der Waals surface area contributed by atoms with Gasteiger partial charge in [-0.2, -0.15) is 5.10 Å². The summed E-state index contributed by atoms with van der Waals surface area (Å²) in [6.07, 6.45) is 1.72. The van der Waals surface area contributed by atoms with Crippen LogP contribution in [0.25, 0.3) is 16.6 Å². The highest BCUT2D eigenvalue weighted by molar-refractivity contribution is 8.00. The van der Waals surface area contributed by atoms with Crippen LogP contribution in [0.5, 0.6) is 5.75 Å². The number of benzene rings is 1. The Kier molecular flexibility index (Phi) is 3.62. The number of aromatic nitrogens is 3. The second-order valence-corrected chi connectivity index (χ2v) is 6.78. The lowest BCUT2D eigenvalue weighted by Crippen LogP contribution is -2.19. The fourth-order valence-electron chi connectivity index (χ4n) is 2.74. The number of fused-ring (bicyclic) bond motifs is 2. The number of ether oxygens (including phenoxy) is 1. The Morgan fingerprint density at radius 1 is 1.38 bits per heavy atom. The molecule has 3 heterocycles. The molecular weight excluding hydrogens is 348 g/mol. The van der Waals surface area contributed by atoms with Gasteiger partial charge in [-0.15, -0.1) is 11.8 Å². The van der Waals surface area contributed by atoms with Crippen LogP contribution in [0.2, 0.25) is 5.15 Å². The Hall–Kier alpha value is -2.25. The van der Waals surface area contributed by atoms with Gasteiger partial charge in [-0.05, 0) is 13.0 Å². The number of thioether (sulfide) groups is 1. The monoisotopic (exact) mass is 360 g/mol. The highest BCUT2D eigenvalue weighted by atomic mass is 35.5. The molecule has 1 aliphatic rings. The molecule has 8 heteroatoms. The second-order valence-electron chi connectivity index (χ2n) is 5.38. The molecule has 6 nitrogen and oxygen atoms in total. The average Bonchev–Trinajstić information content (AvgIpc) is 2.89. The van der Waals surface area contributed by atoms with Crippen molar-refractivity contribution in [1.82, 2.24) is 14.8 Å². The van der Waals surface area contributed by atoms with Gasteiger partial charge in [0.05, 0.1) is 29.8 Å². The molecule has 4 rings (SSSR count). The summed E-state index contributed by atoms with van der Waals surface area (Å²) in [5, 5.41) is 8.81. The van der Waals surface area contributed by atoms with Crippen molar-refractivity contribution in [2.24, 2.45) is 0 Å². The second kappa shape index (κ2) is 5.68. The summed E-state index contributed by atoms with van der Waals surface area (Å²) in [6.45, 7) is 1.92. The highest BCUT2D eigenvalue weighted by Crippen LogP contribution is 2.39. The molecule has 0 aliphatic carbocycles. The van der Waals surface area contributed by atoms with E-state index in [1.165, 1.54) is 11.8 Å². The van der Waals surface area contributed by atoms with Crippen molar-refractivity contribution in [3.63, 3.8) is 0 Å². The van der Waals surface area contributed by atoms with Crippen LogP contribution < -0.4 is 10.1 Å². The van der Waals surface area contributed by atoms with Gasteiger partial charge in [0, 0.05) is 28.6 Å². The minimum atomic E-state index is -0.0134. The number of anilines is 1. The molecule has 0 unspecified atom stereocenters. The Bertz CT molecular complexity index is 986. The van der Waals surface area contributed by atoms with Crippen molar-refractivity contribution < 1.29 is 9.53 Å². The number of rotatable bonds is 2. The number of carbonyl (C=O) groups excluding carboxylic acids is 1. The average molecular weight is 361 g/mol. The molecule has 0 bridgehead atoms. The smallest absolute Gasteiger partial charge is 0.234 e. The molecule has 24 heavy (non-hydrogen) atoms. The lowest BCUT2D eigenvalue weighted by Gasteiger charge is -2.19. The number of nitrogens with zero attached hydrogens (tertiary/aromatic N) is 3. The third-order valence-electron chi connectivity index (χ3n) is 3.86. The van der Waals surface area contributed by atoms with Crippen molar-refractivity contribution in [2.75, 3.05) is 18.2 Å². The van der Waals surface area contributed by atoms with Crippen LogP contribution in [0.15, 0.2) is 29.3 Å². The fraction of sp³-hybridized carbons (Fsp3) is 0.188. The third-order valence-corrected chi connectivity index (χ3v) is 5.12. The van der Waals surface area contributed by atoms with Gasteiger partial charge in [0.2, 0.25) is 5.91 Å². The minimum Gasteiger partial charge on any atom is -0.494 e. The third kappa shape index (κ3) is 2.40. The summed E-state index contributed by atoms with van der Waals surface area (Å²) in [5.74, 6) is 1.00. The van der Waals surface area contributed by atoms with E-state index in [0.29, 0.717) is 16.7 Å². The first-order valence-corrected chi connectivity index (χ1v) is 8.59. The summed E-state index contributed by atoms with van der Waals surface area (Å²) in [5.41, 5.74) is 3.26. The number of methoxy groups -OCH3 is 1. The molecule has 0 radical (unpaired) electrons. The summed E-state index contributed by atoms with van der Waals surface area (Å²) in [6, 6.07) is 5.57. The molecule has 1 amide bonds. The van der Waals surface area contributed by atoms with Crippen molar-refractivity contribution in [3.05, 3.63) is 35.2 Å². The Morgan fingerprint density at radius 3 is 3.00 bits per heavy atom. The Balaban J connectivity index is 1.97. The van der Waals surface area contributed by atoms with Gasteiger partial charge >= 0.3 is 0 Å². The van der Waals surface area contributed by atoms with E-state index in [1.807, 2.05) is 19.1 Å². The predicted molar refractivity (Wildman–Crippen MR) is 94.5 cm³/mol. The van der Waals surface area contributed by atoms with E-state index in [4.69, 9.17) is 16.3 Å². The topological polar surface area (TPSA) is 69.0 Å². The van der Waals surface area contributed by atoms with E-state index >= 15 is 0 Å². The van der Waals surface area contributed by atoms with Crippen LogP contribution >= 0.6 is 23.4 Å². The van der Waals surface area contributed by atoms with E-state index in [1.54, 1.807) is 24.1 Å². The van der Waals surface area contributed by atoms with Crippen LogP contribution in [0.3, 0.4) is 0 Å². The van der Waals surface area contributed by atoms with Crippen molar-refractivity contribution in [1.29, 1.82) is 0 Å².